The molecule has 0 radical (unpaired) electrons. The van der Waals surface area contributed by atoms with E-state index >= 15 is 0 Å². The number of nitrogens with two attached hydrogens (primary N) is 1. The Balaban J connectivity index is 4.23. The highest BCUT2D eigenvalue weighted by Gasteiger charge is 2.20. The van der Waals surface area contributed by atoms with Crippen LogP contribution in [0.1, 0.15) is 20.3 Å². The van der Waals surface area contributed by atoms with Crippen molar-refractivity contribution in [3.8, 4) is 0 Å². The lowest BCUT2D eigenvalue weighted by Crippen LogP contribution is -2.50. The van der Waals surface area contributed by atoms with Crippen LogP contribution in [0, 0.1) is 0 Å². The number of nitrogens with zero attached hydrogens (tertiary/aromatic N) is 1. The van der Waals surface area contributed by atoms with Gasteiger partial charge in [-0.2, -0.15) is 0 Å². The molecule has 0 aliphatic carbocycles. The summed E-state index contributed by atoms with van der Waals surface area (Å²) in [6.45, 7) is 7.63. The van der Waals surface area contributed by atoms with Crippen molar-refractivity contribution in [1.82, 2.24) is 10.2 Å². The van der Waals surface area contributed by atoms with Crippen LogP contribution in [-0.4, -0.2) is 42.4 Å². The number of amides is 2. The molecule has 0 bridgehead atoms. The Kier molecular flexibility index (Phi) is 6.41. The maximum Gasteiger partial charge on any atom is 0.244 e. The van der Waals surface area contributed by atoms with Gasteiger partial charge in [-0.1, -0.05) is 6.08 Å². The SMILES string of the molecule is C=CCC(N)C(=O)NC(C)C(=O)N(C)CC. The maximum absolute atomic E-state index is 11.6. The third kappa shape index (κ3) is 4.44. The van der Waals surface area contributed by atoms with Gasteiger partial charge >= 0.3 is 0 Å². The third-order valence-corrected chi connectivity index (χ3v) is 2.34. The molecule has 0 aromatic heterocycles. The highest BCUT2D eigenvalue weighted by Crippen LogP contribution is 1.94. The molecule has 0 saturated carbocycles. The molecule has 0 saturated heterocycles. The zero-order valence-corrected chi connectivity index (χ0v) is 10.2. The second-order valence-electron chi connectivity index (χ2n) is 3.71. The fourth-order valence-corrected chi connectivity index (χ4v) is 1.16. The van der Waals surface area contributed by atoms with Gasteiger partial charge in [0.2, 0.25) is 11.8 Å². The smallest absolute Gasteiger partial charge is 0.244 e. The van der Waals surface area contributed by atoms with Gasteiger partial charge in [-0.15, -0.1) is 6.58 Å². The van der Waals surface area contributed by atoms with Gasteiger partial charge in [0, 0.05) is 13.6 Å². The van der Waals surface area contributed by atoms with Crippen LogP contribution in [0.15, 0.2) is 12.7 Å². The van der Waals surface area contributed by atoms with E-state index in [2.05, 4.69) is 11.9 Å². The molecule has 0 heterocycles. The van der Waals surface area contributed by atoms with Crippen LogP contribution in [0.3, 0.4) is 0 Å². The fraction of sp³-hybridized carbons (Fsp3) is 0.636. The van der Waals surface area contributed by atoms with Gasteiger partial charge < -0.3 is 16.0 Å². The molecule has 0 spiro atoms. The first-order valence-corrected chi connectivity index (χ1v) is 5.35. The van der Waals surface area contributed by atoms with E-state index in [0.29, 0.717) is 13.0 Å². The lowest BCUT2D eigenvalue weighted by Gasteiger charge is -2.21. The number of rotatable bonds is 6. The van der Waals surface area contributed by atoms with Gasteiger partial charge in [-0.25, -0.2) is 0 Å². The lowest BCUT2D eigenvalue weighted by molar-refractivity contribution is -0.135. The van der Waals surface area contributed by atoms with Crippen molar-refractivity contribution in [1.29, 1.82) is 0 Å². The van der Waals surface area contributed by atoms with E-state index in [4.69, 9.17) is 5.73 Å². The quantitative estimate of drug-likeness (QED) is 0.621. The largest absolute Gasteiger partial charge is 0.344 e. The minimum Gasteiger partial charge on any atom is -0.344 e. The van der Waals surface area contributed by atoms with E-state index in [1.165, 1.54) is 0 Å². The predicted molar refractivity (Wildman–Crippen MR) is 63.7 cm³/mol. The highest BCUT2D eigenvalue weighted by molar-refractivity contribution is 5.89. The molecular formula is C11H21N3O2. The van der Waals surface area contributed by atoms with Crippen LogP contribution in [0.4, 0.5) is 0 Å². The summed E-state index contributed by atoms with van der Waals surface area (Å²) < 4.78 is 0. The van der Waals surface area contributed by atoms with E-state index in [0.717, 1.165) is 0 Å². The van der Waals surface area contributed by atoms with Crippen LogP contribution >= 0.6 is 0 Å². The second kappa shape index (κ2) is 7.00. The number of hydrogen-bond donors (Lipinski definition) is 2. The molecule has 92 valence electrons. The van der Waals surface area contributed by atoms with Crippen LogP contribution < -0.4 is 11.1 Å². The summed E-state index contributed by atoms with van der Waals surface area (Å²) >= 11 is 0. The van der Waals surface area contributed by atoms with Crippen molar-refractivity contribution in [2.75, 3.05) is 13.6 Å². The van der Waals surface area contributed by atoms with Crippen molar-refractivity contribution in [3.63, 3.8) is 0 Å². The minimum absolute atomic E-state index is 0.123. The Hall–Kier alpha value is -1.36. The first kappa shape index (κ1) is 14.6. The number of carbonyl (C=O) groups is 2. The van der Waals surface area contributed by atoms with Crippen LogP contribution in [0.25, 0.3) is 0 Å². The standard InChI is InChI=1S/C11H21N3O2/c1-5-7-9(12)10(15)13-8(3)11(16)14(4)6-2/h5,8-9H,1,6-7,12H2,2-4H3,(H,13,15). The van der Waals surface area contributed by atoms with Crippen LogP contribution in [0.2, 0.25) is 0 Å². The Labute approximate surface area is 96.7 Å². The normalized spacial score (nSPS) is 13.8. The van der Waals surface area contributed by atoms with E-state index < -0.39 is 12.1 Å². The fourth-order valence-electron chi connectivity index (χ4n) is 1.16. The minimum atomic E-state index is -0.639. The summed E-state index contributed by atoms with van der Waals surface area (Å²) in [7, 11) is 1.69. The number of hydrogen-bond acceptors (Lipinski definition) is 3. The van der Waals surface area contributed by atoms with Gasteiger partial charge in [0.25, 0.3) is 0 Å². The first-order valence-electron chi connectivity index (χ1n) is 5.35. The van der Waals surface area contributed by atoms with Gasteiger partial charge in [0.15, 0.2) is 0 Å². The lowest BCUT2D eigenvalue weighted by atomic mass is 10.2. The maximum atomic E-state index is 11.6. The van der Waals surface area contributed by atoms with Crippen molar-refractivity contribution in [3.05, 3.63) is 12.7 Å². The first-order chi connectivity index (χ1) is 7.43. The Morgan fingerprint density at radius 1 is 1.56 bits per heavy atom. The highest BCUT2D eigenvalue weighted by atomic mass is 16.2. The van der Waals surface area contributed by atoms with E-state index in [1.54, 1.807) is 24.9 Å². The Morgan fingerprint density at radius 3 is 2.56 bits per heavy atom. The number of nitrogens with one attached hydrogen (secondary N) is 1. The molecular weight excluding hydrogens is 206 g/mol. The molecule has 0 aliphatic rings. The van der Waals surface area contributed by atoms with Gasteiger partial charge in [0.05, 0.1) is 6.04 Å². The summed E-state index contributed by atoms with van der Waals surface area (Å²) in [6, 6.07) is -1.19. The molecule has 16 heavy (non-hydrogen) atoms. The van der Waals surface area contributed by atoms with Crippen LogP contribution in [0.5, 0.6) is 0 Å². The second-order valence-corrected chi connectivity index (χ2v) is 3.71. The Morgan fingerprint density at radius 2 is 2.12 bits per heavy atom. The summed E-state index contributed by atoms with van der Waals surface area (Å²) in [6.07, 6.45) is 1.98. The van der Waals surface area contributed by atoms with Crippen molar-refractivity contribution < 1.29 is 9.59 Å². The van der Waals surface area contributed by atoms with Gasteiger partial charge in [-0.3, -0.25) is 9.59 Å². The predicted octanol–water partition coefficient (Wildman–Crippen LogP) is -0.127. The Bertz CT molecular complexity index is 266. The molecule has 5 heteroatoms. The van der Waals surface area contributed by atoms with Crippen molar-refractivity contribution in [2.24, 2.45) is 5.73 Å². The summed E-state index contributed by atoms with van der Waals surface area (Å²) in [5.41, 5.74) is 5.58. The third-order valence-electron chi connectivity index (χ3n) is 2.34. The molecule has 3 N–H and O–H groups in total. The number of carbonyl (C=O) groups excluding carboxylic acids is 2. The summed E-state index contributed by atoms with van der Waals surface area (Å²) in [5, 5.41) is 2.58. The number of likely N-dealkylation sites (N-methyl/N-ethyl adjacent to an activating group) is 1. The molecule has 0 aliphatic heterocycles. The topological polar surface area (TPSA) is 75.4 Å². The van der Waals surface area contributed by atoms with Crippen LogP contribution in [-0.2, 0) is 9.59 Å². The van der Waals surface area contributed by atoms with E-state index in [-0.39, 0.29) is 11.8 Å². The van der Waals surface area contributed by atoms with Gasteiger partial charge in [-0.05, 0) is 20.3 Å². The molecule has 2 unspecified atom stereocenters. The average Bonchev–Trinajstić information content (AvgIpc) is 2.26. The molecule has 0 fully saturated rings. The van der Waals surface area contributed by atoms with Crippen molar-refractivity contribution in [2.45, 2.75) is 32.4 Å². The molecule has 0 aromatic rings. The zero-order valence-electron chi connectivity index (χ0n) is 10.2. The summed E-state index contributed by atoms with van der Waals surface area (Å²) in [4.78, 5) is 24.7. The summed E-state index contributed by atoms with van der Waals surface area (Å²) in [5.74, 6) is -0.452. The molecule has 5 nitrogen and oxygen atoms in total. The average molecular weight is 227 g/mol. The van der Waals surface area contributed by atoms with E-state index in [9.17, 15) is 9.59 Å². The monoisotopic (exact) mass is 227 g/mol. The van der Waals surface area contributed by atoms with Crippen molar-refractivity contribution >= 4 is 11.8 Å². The van der Waals surface area contributed by atoms with Gasteiger partial charge in [0.1, 0.15) is 6.04 Å². The zero-order chi connectivity index (χ0) is 12.7. The molecule has 2 amide bonds. The molecule has 0 rings (SSSR count). The molecule has 2 atom stereocenters. The molecule has 0 aromatic carbocycles. The van der Waals surface area contributed by atoms with E-state index in [1.807, 2.05) is 6.92 Å².